The van der Waals surface area contributed by atoms with Crippen LogP contribution in [0.1, 0.15) is 33.6 Å². The van der Waals surface area contributed by atoms with Crippen molar-refractivity contribution in [2.45, 2.75) is 45.3 Å². The standard InChI is InChI=1S/C13H26N2O3/c1-13(2,3)18-12(17)14-11-6-8-15(4)7-5-10(11)9-16/h10-11,16H,5-9H2,1-4H3,(H,14,17)/t10-,11-/m1/s1. The molecule has 0 spiro atoms. The van der Waals surface area contributed by atoms with Gasteiger partial charge in [0.15, 0.2) is 0 Å². The molecule has 1 fully saturated rings. The van der Waals surface area contributed by atoms with Gasteiger partial charge in [-0.25, -0.2) is 4.79 Å². The van der Waals surface area contributed by atoms with E-state index in [9.17, 15) is 9.90 Å². The topological polar surface area (TPSA) is 61.8 Å². The zero-order chi connectivity index (χ0) is 13.8. The van der Waals surface area contributed by atoms with Crippen LogP contribution in [0.4, 0.5) is 4.79 Å². The number of nitrogens with zero attached hydrogens (tertiary/aromatic N) is 1. The molecule has 1 rings (SSSR count). The summed E-state index contributed by atoms with van der Waals surface area (Å²) in [6, 6.07) is -0.00481. The van der Waals surface area contributed by atoms with Crippen molar-refractivity contribution < 1.29 is 14.6 Å². The van der Waals surface area contributed by atoms with Crippen LogP contribution in [0.15, 0.2) is 0 Å². The summed E-state index contributed by atoms with van der Waals surface area (Å²) >= 11 is 0. The lowest BCUT2D eigenvalue weighted by atomic mass is 9.96. The van der Waals surface area contributed by atoms with Gasteiger partial charge in [0, 0.05) is 18.6 Å². The normalized spacial score (nSPS) is 26.5. The fraction of sp³-hybridized carbons (Fsp3) is 0.923. The van der Waals surface area contributed by atoms with Crippen LogP contribution < -0.4 is 5.32 Å². The lowest BCUT2D eigenvalue weighted by molar-refractivity contribution is 0.0469. The van der Waals surface area contributed by atoms with Crippen molar-refractivity contribution in [1.29, 1.82) is 0 Å². The number of amides is 1. The van der Waals surface area contributed by atoms with Crippen molar-refractivity contribution >= 4 is 6.09 Å². The summed E-state index contributed by atoms with van der Waals surface area (Å²) in [6.07, 6.45) is 1.35. The number of aliphatic hydroxyl groups is 1. The Labute approximate surface area is 109 Å². The molecule has 0 aliphatic carbocycles. The van der Waals surface area contributed by atoms with E-state index in [-0.39, 0.29) is 18.6 Å². The first-order chi connectivity index (χ1) is 8.31. The Morgan fingerprint density at radius 1 is 1.39 bits per heavy atom. The van der Waals surface area contributed by atoms with Crippen molar-refractivity contribution in [3.63, 3.8) is 0 Å². The molecule has 0 unspecified atom stereocenters. The van der Waals surface area contributed by atoms with Gasteiger partial charge in [-0.1, -0.05) is 0 Å². The highest BCUT2D eigenvalue weighted by molar-refractivity contribution is 5.68. The van der Waals surface area contributed by atoms with E-state index < -0.39 is 11.7 Å². The van der Waals surface area contributed by atoms with Gasteiger partial charge in [-0.05, 0) is 53.8 Å². The van der Waals surface area contributed by atoms with Gasteiger partial charge in [0.1, 0.15) is 5.60 Å². The molecule has 0 aromatic heterocycles. The largest absolute Gasteiger partial charge is 0.444 e. The van der Waals surface area contributed by atoms with E-state index in [4.69, 9.17) is 4.74 Å². The van der Waals surface area contributed by atoms with Crippen molar-refractivity contribution in [1.82, 2.24) is 10.2 Å². The van der Waals surface area contributed by atoms with Crippen molar-refractivity contribution in [3.8, 4) is 0 Å². The van der Waals surface area contributed by atoms with E-state index in [2.05, 4.69) is 17.3 Å². The molecule has 18 heavy (non-hydrogen) atoms. The van der Waals surface area contributed by atoms with Crippen LogP contribution in [0.25, 0.3) is 0 Å². The van der Waals surface area contributed by atoms with Crippen LogP contribution in [-0.2, 0) is 4.74 Å². The van der Waals surface area contributed by atoms with Gasteiger partial charge >= 0.3 is 6.09 Å². The minimum absolute atomic E-state index is 0.00481. The SMILES string of the molecule is CN1CC[C@H](CO)[C@H](NC(=O)OC(C)(C)C)CC1. The Bertz CT molecular complexity index is 276. The molecule has 1 saturated heterocycles. The van der Waals surface area contributed by atoms with E-state index in [1.807, 2.05) is 20.8 Å². The Morgan fingerprint density at radius 3 is 2.56 bits per heavy atom. The molecule has 0 aromatic rings. The van der Waals surface area contributed by atoms with Gasteiger partial charge in [-0.3, -0.25) is 0 Å². The number of carbonyl (C=O) groups excluding carboxylic acids is 1. The van der Waals surface area contributed by atoms with E-state index in [0.717, 1.165) is 25.9 Å². The predicted octanol–water partition coefficient (Wildman–Crippen LogP) is 1.21. The zero-order valence-electron chi connectivity index (χ0n) is 11.9. The third-order valence-electron chi connectivity index (χ3n) is 3.21. The molecular weight excluding hydrogens is 232 g/mol. The van der Waals surface area contributed by atoms with Crippen molar-refractivity contribution in [2.24, 2.45) is 5.92 Å². The van der Waals surface area contributed by atoms with Crippen LogP contribution in [0, 0.1) is 5.92 Å². The minimum atomic E-state index is -0.486. The summed E-state index contributed by atoms with van der Waals surface area (Å²) in [5.41, 5.74) is -0.486. The summed E-state index contributed by atoms with van der Waals surface area (Å²) < 4.78 is 5.26. The lowest BCUT2D eigenvalue weighted by Gasteiger charge is -2.26. The second kappa shape index (κ2) is 6.38. The first kappa shape index (κ1) is 15.2. The van der Waals surface area contributed by atoms with Gasteiger partial charge in [0.25, 0.3) is 0 Å². The molecule has 0 aromatic carbocycles. The Morgan fingerprint density at radius 2 is 2.00 bits per heavy atom. The van der Waals surface area contributed by atoms with Gasteiger partial charge in [0.2, 0.25) is 0 Å². The predicted molar refractivity (Wildman–Crippen MR) is 70.5 cm³/mol. The van der Waals surface area contributed by atoms with Gasteiger partial charge in [0.05, 0.1) is 0 Å². The van der Waals surface area contributed by atoms with Crippen molar-refractivity contribution in [3.05, 3.63) is 0 Å². The molecule has 2 N–H and O–H groups in total. The summed E-state index contributed by atoms with van der Waals surface area (Å²) in [6.45, 7) is 7.52. The summed E-state index contributed by atoms with van der Waals surface area (Å²) in [5.74, 6) is 0.113. The van der Waals surface area contributed by atoms with E-state index in [1.54, 1.807) is 0 Å². The molecule has 2 atom stereocenters. The maximum Gasteiger partial charge on any atom is 0.407 e. The Balaban J connectivity index is 2.54. The molecule has 1 aliphatic rings. The van der Waals surface area contributed by atoms with Crippen LogP contribution in [-0.4, -0.2) is 54.5 Å². The van der Waals surface area contributed by atoms with Gasteiger partial charge in [-0.2, -0.15) is 0 Å². The zero-order valence-corrected chi connectivity index (χ0v) is 11.9. The third kappa shape index (κ3) is 5.23. The van der Waals surface area contributed by atoms with E-state index in [0.29, 0.717) is 0 Å². The summed E-state index contributed by atoms with van der Waals surface area (Å²) in [5, 5.41) is 12.3. The Kier molecular flexibility index (Phi) is 5.41. The average molecular weight is 258 g/mol. The van der Waals surface area contributed by atoms with Crippen LogP contribution >= 0.6 is 0 Å². The average Bonchev–Trinajstić information content (AvgIpc) is 2.39. The number of ether oxygens (including phenoxy) is 1. The number of aliphatic hydroxyl groups excluding tert-OH is 1. The molecule has 1 amide bonds. The first-order valence-electron chi connectivity index (χ1n) is 6.61. The molecular formula is C13H26N2O3. The molecule has 0 saturated carbocycles. The number of nitrogens with one attached hydrogen (secondary N) is 1. The smallest absolute Gasteiger partial charge is 0.407 e. The van der Waals surface area contributed by atoms with Crippen LogP contribution in [0.2, 0.25) is 0 Å². The molecule has 106 valence electrons. The fourth-order valence-corrected chi connectivity index (χ4v) is 2.16. The minimum Gasteiger partial charge on any atom is -0.444 e. The second-order valence-corrected chi connectivity index (χ2v) is 6.08. The second-order valence-electron chi connectivity index (χ2n) is 6.08. The summed E-state index contributed by atoms with van der Waals surface area (Å²) in [4.78, 5) is 14.0. The van der Waals surface area contributed by atoms with Crippen molar-refractivity contribution in [2.75, 3.05) is 26.7 Å². The monoisotopic (exact) mass is 258 g/mol. The third-order valence-corrected chi connectivity index (χ3v) is 3.21. The highest BCUT2D eigenvalue weighted by Gasteiger charge is 2.27. The molecule has 5 nitrogen and oxygen atoms in total. The molecule has 1 aliphatic heterocycles. The van der Waals surface area contributed by atoms with Crippen LogP contribution in [0.5, 0.6) is 0 Å². The summed E-state index contributed by atoms with van der Waals surface area (Å²) in [7, 11) is 2.06. The maximum absolute atomic E-state index is 11.8. The van der Waals surface area contributed by atoms with Crippen LogP contribution in [0.3, 0.4) is 0 Å². The molecule has 0 bridgehead atoms. The number of likely N-dealkylation sites (tertiary alicyclic amines) is 1. The number of hydrogen-bond acceptors (Lipinski definition) is 4. The van der Waals surface area contributed by atoms with E-state index in [1.165, 1.54) is 0 Å². The number of hydrogen-bond donors (Lipinski definition) is 2. The first-order valence-corrected chi connectivity index (χ1v) is 6.61. The number of rotatable bonds is 2. The molecule has 5 heteroatoms. The number of alkyl carbamates (subject to hydrolysis) is 1. The van der Waals surface area contributed by atoms with Gasteiger partial charge in [-0.15, -0.1) is 0 Å². The van der Waals surface area contributed by atoms with Gasteiger partial charge < -0.3 is 20.1 Å². The molecule has 0 radical (unpaired) electrons. The number of carbonyl (C=O) groups is 1. The highest BCUT2D eigenvalue weighted by Crippen LogP contribution is 2.18. The molecule has 1 heterocycles. The highest BCUT2D eigenvalue weighted by atomic mass is 16.6. The lowest BCUT2D eigenvalue weighted by Crippen LogP contribution is -2.44. The fourth-order valence-electron chi connectivity index (χ4n) is 2.16. The quantitative estimate of drug-likeness (QED) is 0.781. The Hall–Kier alpha value is -0.810. The maximum atomic E-state index is 11.8. The van der Waals surface area contributed by atoms with E-state index >= 15 is 0 Å².